The highest BCUT2D eigenvalue weighted by Crippen LogP contribution is 2.44. The van der Waals surface area contributed by atoms with Crippen LogP contribution in [0.5, 0.6) is 0 Å². The summed E-state index contributed by atoms with van der Waals surface area (Å²) in [5.74, 6) is 0.847. The number of piperidine rings is 1. The third-order valence-electron chi connectivity index (χ3n) is 5.94. The lowest BCUT2D eigenvalue weighted by atomic mass is 9.69. The average Bonchev–Trinajstić information content (AvgIpc) is 2.25. The van der Waals surface area contributed by atoms with E-state index in [9.17, 15) is 0 Å². The maximum absolute atomic E-state index is 2.79. The van der Waals surface area contributed by atoms with Gasteiger partial charge in [-0.1, -0.05) is 13.8 Å². The number of rotatable bonds is 2. The summed E-state index contributed by atoms with van der Waals surface area (Å²) in [4.78, 5) is 8.05. The van der Waals surface area contributed by atoms with Gasteiger partial charge in [0, 0.05) is 49.7 Å². The van der Waals surface area contributed by atoms with Crippen LogP contribution in [-0.4, -0.2) is 72.1 Å². The Balaban J connectivity index is 1.47. The van der Waals surface area contributed by atoms with Crippen LogP contribution in [0.4, 0.5) is 0 Å². The SMILES string of the molecule is CCN1CCC(N2CC3(C2)CN(C(C)(C)C)C3)[C@@H](C)C1. The Bertz CT molecular complexity index is 346. The third-order valence-corrected chi connectivity index (χ3v) is 5.94. The molecular formula is C17H33N3. The predicted octanol–water partition coefficient (Wildman–Crippen LogP) is 2.13. The molecule has 3 heterocycles. The molecule has 0 N–H and O–H groups in total. The number of nitrogens with zero attached hydrogens (tertiary/aromatic N) is 3. The molecular weight excluding hydrogens is 246 g/mol. The van der Waals surface area contributed by atoms with Crippen molar-refractivity contribution < 1.29 is 0 Å². The van der Waals surface area contributed by atoms with Crippen molar-refractivity contribution >= 4 is 0 Å². The van der Waals surface area contributed by atoms with Crippen molar-refractivity contribution in [2.75, 3.05) is 45.8 Å². The lowest BCUT2D eigenvalue weighted by molar-refractivity contribution is -0.166. The van der Waals surface area contributed by atoms with Crippen molar-refractivity contribution in [3.63, 3.8) is 0 Å². The summed E-state index contributed by atoms with van der Waals surface area (Å²) in [6, 6.07) is 0.854. The van der Waals surface area contributed by atoms with E-state index in [4.69, 9.17) is 0 Å². The zero-order valence-electron chi connectivity index (χ0n) is 14.2. The van der Waals surface area contributed by atoms with Crippen LogP contribution < -0.4 is 0 Å². The van der Waals surface area contributed by atoms with Crippen LogP contribution in [0.15, 0.2) is 0 Å². The van der Waals surface area contributed by atoms with Crippen molar-refractivity contribution in [2.45, 2.75) is 52.6 Å². The minimum Gasteiger partial charge on any atom is -0.303 e. The molecule has 1 unspecified atom stereocenters. The van der Waals surface area contributed by atoms with E-state index in [-0.39, 0.29) is 0 Å². The van der Waals surface area contributed by atoms with Crippen molar-refractivity contribution in [2.24, 2.45) is 11.3 Å². The van der Waals surface area contributed by atoms with Crippen molar-refractivity contribution in [1.29, 1.82) is 0 Å². The van der Waals surface area contributed by atoms with Crippen LogP contribution in [0.1, 0.15) is 41.0 Å². The molecule has 3 nitrogen and oxygen atoms in total. The minimum atomic E-state index is 0.366. The summed E-state index contributed by atoms with van der Waals surface area (Å²) < 4.78 is 0. The maximum Gasteiger partial charge on any atom is 0.0212 e. The molecule has 116 valence electrons. The van der Waals surface area contributed by atoms with Crippen LogP contribution in [-0.2, 0) is 0 Å². The van der Waals surface area contributed by atoms with Gasteiger partial charge in [-0.25, -0.2) is 0 Å². The van der Waals surface area contributed by atoms with Gasteiger partial charge < -0.3 is 4.90 Å². The summed E-state index contributed by atoms with van der Waals surface area (Å²) >= 11 is 0. The van der Waals surface area contributed by atoms with Crippen molar-refractivity contribution in [3.05, 3.63) is 0 Å². The monoisotopic (exact) mass is 279 g/mol. The van der Waals surface area contributed by atoms with Crippen molar-refractivity contribution in [3.8, 4) is 0 Å². The molecule has 3 aliphatic heterocycles. The Labute approximate surface area is 125 Å². The first-order valence-corrected chi connectivity index (χ1v) is 8.54. The first-order valence-electron chi connectivity index (χ1n) is 8.54. The van der Waals surface area contributed by atoms with E-state index in [1.165, 1.54) is 52.2 Å². The van der Waals surface area contributed by atoms with Crippen LogP contribution in [0.25, 0.3) is 0 Å². The average molecular weight is 279 g/mol. The first-order chi connectivity index (χ1) is 9.33. The Morgan fingerprint density at radius 3 is 2.25 bits per heavy atom. The highest BCUT2D eigenvalue weighted by atomic mass is 15.4. The fraction of sp³-hybridized carbons (Fsp3) is 1.00. The van der Waals surface area contributed by atoms with Gasteiger partial charge in [0.05, 0.1) is 0 Å². The second kappa shape index (κ2) is 4.96. The molecule has 3 aliphatic rings. The van der Waals surface area contributed by atoms with E-state index >= 15 is 0 Å². The van der Waals surface area contributed by atoms with Crippen LogP contribution in [0.2, 0.25) is 0 Å². The first kappa shape index (κ1) is 14.8. The van der Waals surface area contributed by atoms with Gasteiger partial charge in [0.2, 0.25) is 0 Å². The lowest BCUT2D eigenvalue weighted by Gasteiger charge is -2.65. The molecule has 20 heavy (non-hydrogen) atoms. The topological polar surface area (TPSA) is 9.72 Å². The van der Waals surface area contributed by atoms with E-state index in [1.54, 1.807) is 0 Å². The summed E-state index contributed by atoms with van der Waals surface area (Å²) in [6.07, 6.45) is 1.38. The Kier molecular flexibility index (Phi) is 3.67. The zero-order chi connectivity index (χ0) is 14.5. The van der Waals surface area contributed by atoms with Crippen LogP contribution >= 0.6 is 0 Å². The predicted molar refractivity (Wildman–Crippen MR) is 85.0 cm³/mol. The summed E-state index contributed by atoms with van der Waals surface area (Å²) in [7, 11) is 0. The van der Waals surface area contributed by atoms with Gasteiger partial charge in [-0.2, -0.15) is 0 Å². The Morgan fingerprint density at radius 2 is 1.75 bits per heavy atom. The fourth-order valence-electron chi connectivity index (χ4n) is 4.54. The molecule has 1 spiro atoms. The summed E-state index contributed by atoms with van der Waals surface area (Å²) in [5.41, 5.74) is 1.03. The number of hydrogen-bond donors (Lipinski definition) is 0. The normalized spacial score (nSPS) is 35.9. The summed E-state index contributed by atoms with van der Waals surface area (Å²) in [5, 5.41) is 0. The molecule has 0 aromatic rings. The Hall–Kier alpha value is -0.120. The second-order valence-corrected chi connectivity index (χ2v) is 8.66. The molecule has 0 radical (unpaired) electrons. The molecule has 0 aromatic heterocycles. The molecule has 3 heteroatoms. The third kappa shape index (κ3) is 2.53. The van der Waals surface area contributed by atoms with Gasteiger partial charge in [-0.15, -0.1) is 0 Å². The zero-order valence-corrected chi connectivity index (χ0v) is 14.2. The molecule has 3 rings (SSSR count). The van der Waals surface area contributed by atoms with Crippen molar-refractivity contribution in [1.82, 2.24) is 14.7 Å². The number of likely N-dealkylation sites (tertiary alicyclic amines) is 3. The molecule has 0 aliphatic carbocycles. The van der Waals surface area contributed by atoms with Gasteiger partial charge in [0.25, 0.3) is 0 Å². The Morgan fingerprint density at radius 1 is 1.10 bits per heavy atom. The van der Waals surface area contributed by atoms with E-state index in [0.717, 1.165) is 12.0 Å². The van der Waals surface area contributed by atoms with E-state index in [2.05, 4.69) is 49.3 Å². The quantitative estimate of drug-likeness (QED) is 0.767. The van der Waals surface area contributed by atoms with E-state index in [1.807, 2.05) is 0 Å². The minimum absolute atomic E-state index is 0.366. The lowest BCUT2D eigenvalue weighted by Crippen LogP contribution is -2.76. The largest absolute Gasteiger partial charge is 0.303 e. The van der Waals surface area contributed by atoms with E-state index in [0.29, 0.717) is 11.0 Å². The van der Waals surface area contributed by atoms with E-state index < -0.39 is 0 Å². The van der Waals surface area contributed by atoms with Crippen LogP contribution in [0.3, 0.4) is 0 Å². The smallest absolute Gasteiger partial charge is 0.0212 e. The maximum atomic E-state index is 2.79. The molecule has 2 atom stereocenters. The van der Waals surface area contributed by atoms with Gasteiger partial charge in [-0.05, 0) is 46.2 Å². The standard InChI is InChI=1S/C17H33N3/c1-6-18-8-7-15(14(2)9-18)19-10-17(11-19)12-20(13-17)16(3,4)5/h14-15H,6-13H2,1-5H3/t14-,15?/m0/s1. The van der Waals surface area contributed by atoms with Gasteiger partial charge >= 0.3 is 0 Å². The van der Waals surface area contributed by atoms with Crippen LogP contribution in [0, 0.1) is 11.3 Å². The van der Waals surface area contributed by atoms with Gasteiger partial charge in [0.15, 0.2) is 0 Å². The van der Waals surface area contributed by atoms with Gasteiger partial charge in [-0.3, -0.25) is 9.80 Å². The molecule has 0 saturated carbocycles. The highest BCUT2D eigenvalue weighted by molar-refractivity contribution is 5.10. The van der Waals surface area contributed by atoms with Gasteiger partial charge in [0.1, 0.15) is 0 Å². The molecule has 0 amide bonds. The molecule has 0 aromatic carbocycles. The molecule has 3 fully saturated rings. The number of hydrogen-bond acceptors (Lipinski definition) is 3. The fourth-order valence-corrected chi connectivity index (χ4v) is 4.54. The summed E-state index contributed by atoms with van der Waals surface area (Å²) in [6.45, 7) is 21.0. The second-order valence-electron chi connectivity index (χ2n) is 8.66. The molecule has 0 bridgehead atoms. The highest BCUT2D eigenvalue weighted by Gasteiger charge is 2.55. The molecule has 3 saturated heterocycles.